The Labute approximate surface area is 161 Å². The van der Waals surface area contributed by atoms with Crippen LogP contribution in [0.25, 0.3) is 0 Å². The highest BCUT2D eigenvalue weighted by Gasteiger charge is 2.14. The maximum atomic E-state index is 11.7. The second kappa shape index (κ2) is 12.5. The Morgan fingerprint density at radius 2 is 1.62 bits per heavy atom. The van der Waals surface area contributed by atoms with Crippen molar-refractivity contribution in [2.45, 2.75) is 64.0 Å². The number of unbranched alkanes of at least 4 members (excludes halogenated alkanes) is 4. The third kappa shape index (κ3) is 10.3. The van der Waals surface area contributed by atoms with Gasteiger partial charge >= 0.3 is 0 Å². The first-order valence-electron chi connectivity index (χ1n) is 9.41. The fourth-order valence-corrected chi connectivity index (χ4v) is 4.07. The molecule has 1 aromatic rings. The number of rotatable bonds is 14. The van der Waals surface area contributed by atoms with E-state index in [1.165, 1.54) is 5.56 Å². The van der Waals surface area contributed by atoms with Crippen LogP contribution in [0, 0.1) is 0 Å². The van der Waals surface area contributed by atoms with Crippen molar-refractivity contribution in [3.8, 4) is 0 Å². The Hall–Kier alpha value is -0.920. The van der Waals surface area contributed by atoms with E-state index in [1.807, 2.05) is 12.1 Å². The van der Waals surface area contributed by atoms with Crippen molar-refractivity contribution >= 4 is 26.6 Å². The SMILES string of the molecule is CC(C)S(=O)(=O)CCCCCCCc1ccc(NCCCS(=O)[O-])cc1. The Bertz CT molecular complexity index is 627. The summed E-state index contributed by atoms with van der Waals surface area (Å²) in [6.07, 6.45) is 6.68. The molecule has 0 aliphatic rings. The second-order valence-electron chi connectivity index (χ2n) is 6.92. The average molecular weight is 403 g/mol. The van der Waals surface area contributed by atoms with E-state index in [2.05, 4.69) is 17.4 Å². The van der Waals surface area contributed by atoms with Gasteiger partial charge in [-0.15, -0.1) is 0 Å². The van der Waals surface area contributed by atoms with E-state index in [1.54, 1.807) is 13.8 Å². The van der Waals surface area contributed by atoms with Crippen molar-refractivity contribution in [2.24, 2.45) is 0 Å². The van der Waals surface area contributed by atoms with Gasteiger partial charge in [0, 0.05) is 18.0 Å². The van der Waals surface area contributed by atoms with Gasteiger partial charge in [-0.1, -0.05) is 42.5 Å². The molecule has 0 saturated heterocycles. The van der Waals surface area contributed by atoms with Gasteiger partial charge in [0.1, 0.15) is 0 Å². The maximum absolute atomic E-state index is 11.7. The van der Waals surface area contributed by atoms with Gasteiger partial charge in [-0.3, -0.25) is 4.21 Å². The average Bonchev–Trinajstić information content (AvgIpc) is 2.58. The normalized spacial score (nSPS) is 13.1. The van der Waals surface area contributed by atoms with Gasteiger partial charge in [-0.25, -0.2) is 8.42 Å². The molecule has 1 aromatic carbocycles. The molecular weight excluding hydrogens is 370 g/mol. The monoisotopic (exact) mass is 402 g/mol. The molecule has 1 N–H and O–H groups in total. The van der Waals surface area contributed by atoms with Crippen LogP contribution in [0.4, 0.5) is 5.69 Å². The predicted octanol–water partition coefficient (Wildman–Crippen LogP) is 3.68. The number of sulfone groups is 1. The van der Waals surface area contributed by atoms with Gasteiger partial charge in [-0.2, -0.15) is 0 Å². The first kappa shape index (κ1) is 23.1. The summed E-state index contributed by atoms with van der Waals surface area (Å²) >= 11 is -1.96. The van der Waals surface area contributed by atoms with Crippen molar-refractivity contribution < 1.29 is 17.2 Å². The predicted molar refractivity (Wildman–Crippen MR) is 109 cm³/mol. The molecular formula is C19H32NO4S2-. The molecule has 0 spiro atoms. The fraction of sp³-hybridized carbons (Fsp3) is 0.684. The smallest absolute Gasteiger partial charge is 0.152 e. The zero-order valence-corrected chi connectivity index (χ0v) is 17.5. The topological polar surface area (TPSA) is 86.3 Å². The zero-order valence-electron chi connectivity index (χ0n) is 15.9. The van der Waals surface area contributed by atoms with E-state index >= 15 is 0 Å². The van der Waals surface area contributed by atoms with Crippen LogP contribution in [0.2, 0.25) is 0 Å². The highest BCUT2D eigenvalue weighted by atomic mass is 32.2. The molecule has 150 valence electrons. The molecule has 1 unspecified atom stereocenters. The van der Waals surface area contributed by atoms with Crippen LogP contribution < -0.4 is 5.32 Å². The fourth-order valence-electron chi connectivity index (χ4n) is 2.61. The van der Waals surface area contributed by atoms with Crippen LogP contribution in [0.15, 0.2) is 24.3 Å². The minimum atomic E-state index is -2.89. The number of hydrogen-bond acceptors (Lipinski definition) is 5. The van der Waals surface area contributed by atoms with Crippen molar-refractivity contribution in [3.05, 3.63) is 29.8 Å². The lowest BCUT2D eigenvalue weighted by molar-refractivity contribution is 0.535. The molecule has 5 nitrogen and oxygen atoms in total. The lowest BCUT2D eigenvalue weighted by atomic mass is 10.1. The Morgan fingerprint density at radius 1 is 1.00 bits per heavy atom. The van der Waals surface area contributed by atoms with E-state index in [-0.39, 0.29) is 11.0 Å². The number of nitrogens with one attached hydrogen (secondary N) is 1. The summed E-state index contributed by atoms with van der Waals surface area (Å²) in [6, 6.07) is 8.26. The van der Waals surface area contributed by atoms with E-state index in [4.69, 9.17) is 0 Å². The first-order chi connectivity index (χ1) is 12.3. The van der Waals surface area contributed by atoms with Crippen molar-refractivity contribution in [1.29, 1.82) is 0 Å². The third-order valence-corrected chi connectivity index (χ3v) is 7.30. The summed E-state index contributed by atoms with van der Waals surface area (Å²) < 4.78 is 44.3. The molecule has 0 aliphatic carbocycles. The molecule has 1 rings (SSSR count). The van der Waals surface area contributed by atoms with Gasteiger partial charge in [-0.05, 0) is 57.2 Å². The molecule has 26 heavy (non-hydrogen) atoms. The molecule has 0 aliphatic heterocycles. The second-order valence-corrected chi connectivity index (χ2v) is 10.6. The highest BCUT2D eigenvalue weighted by molar-refractivity contribution is 7.91. The number of hydrogen-bond donors (Lipinski definition) is 1. The van der Waals surface area contributed by atoms with Crippen LogP contribution in [0.5, 0.6) is 0 Å². The number of aryl methyl sites for hydroxylation is 1. The third-order valence-electron chi connectivity index (χ3n) is 4.38. The van der Waals surface area contributed by atoms with Gasteiger partial charge in [0.25, 0.3) is 0 Å². The molecule has 0 aromatic heterocycles. The number of anilines is 1. The van der Waals surface area contributed by atoms with Gasteiger partial charge in [0.2, 0.25) is 0 Å². The van der Waals surface area contributed by atoms with E-state index in [9.17, 15) is 17.2 Å². The van der Waals surface area contributed by atoms with Crippen molar-refractivity contribution in [1.82, 2.24) is 0 Å². The van der Waals surface area contributed by atoms with E-state index in [0.717, 1.165) is 44.2 Å². The minimum Gasteiger partial charge on any atom is -0.772 e. The lowest BCUT2D eigenvalue weighted by Crippen LogP contribution is -2.17. The van der Waals surface area contributed by atoms with E-state index in [0.29, 0.717) is 18.7 Å². The zero-order chi connectivity index (χ0) is 19.4. The van der Waals surface area contributed by atoms with Gasteiger partial charge in [0.15, 0.2) is 9.84 Å². The molecule has 0 amide bonds. The molecule has 1 atom stereocenters. The Kier molecular flexibility index (Phi) is 11.1. The first-order valence-corrected chi connectivity index (χ1v) is 12.4. The van der Waals surface area contributed by atoms with Gasteiger partial charge < -0.3 is 9.87 Å². The van der Waals surface area contributed by atoms with Crippen LogP contribution in [0.1, 0.15) is 57.9 Å². The molecule has 0 bridgehead atoms. The van der Waals surface area contributed by atoms with Crippen LogP contribution >= 0.6 is 0 Å². The number of benzene rings is 1. The summed E-state index contributed by atoms with van der Waals surface area (Å²) in [5.74, 6) is 0.498. The lowest BCUT2D eigenvalue weighted by Gasteiger charge is -2.09. The maximum Gasteiger partial charge on any atom is 0.152 e. The van der Waals surface area contributed by atoms with E-state index < -0.39 is 20.9 Å². The van der Waals surface area contributed by atoms with Gasteiger partial charge in [0.05, 0.1) is 11.0 Å². The summed E-state index contributed by atoms with van der Waals surface area (Å²) in [5.41, 5.74) is 2.30. The van der Waals surface area contributed by atoms with Crippen LogP contribution in [-0.2, 0) is 27.3 Å². The van der Waals surface area contributed by atoms with Crippen molar-refractivity contribution in [3.63, 3.8) is 0 Å². The minimum absolute atomic E-state index is 0.189. The summed E-state index contributed by atoms with van der Waals surface area (Å²) in [5, 5.41) is 2.95. The molecule has 0 fully saturated rings. The standard InChI is InChI=1S/C19H33NO4S2/c1-17(2)26(23,24)16-7-5-3-4-6-9-18-10-12-19(13-11-18)20-14-8-15-25(21)22/h10-13,17,20H,3-9,14-16H2,1-2H3,(H,21,22)/p-1. The molecule has 0 radical (unpaired) electrons. The summed E-state index contributed by atoms with van der Waals surface area (Å²) in [7, 11) is -2.89. The van der Waals surface area contributed by atoms with Crippen molar-refractivity contribution in [2.75, 3.05) is 23.4 Å². The van der Waals surface area contributed by atoms with Crippen LogP contribution in [-0.4, -0.2) is 40.5 Å². The molecule has 7 heteroatoms. The molecule has 0 heterocycles. The summed E-state index contributed by atoms with van der Waals surface area (Å²) in [4.78, 5) is 0. The molecule has 0 saturated carbocycles. The largest absolute Gasteiger partial charge is 0.772 e. The quantitative estimate of drug-likeness (QED) is 0.379. The Balaban J connectivity index is 2.11. The van der Waals surface area contributed by atoms with Crippen LogP contribution in [0.3, 0.4) is 0 Å². The highest BCUT2D eigenvalue weighted by Crippen LogP contribution is 2.14. The summed E-state index contributed by atoms with van der Waals surface area (Å²) in [6.45, 7) is 4.13. The Morgan fingerprint density at radius 3 is 2.23 bits per heavy atom.